The number of urea groups is 1. The van der Waals surface area contributed by atoms with Crippen LogP contribution in [0.2, 0.25) is 0 Å². The summed E-state index contributed by atoms with van der Waals surface area (Å²) < 4.78 is 15.9. The summed E-state index contributed by atoms with van der Waals surface area (Å²) in [5.41, 5.74) is 1.97. The Balaban J connectivity index is 1.85. The first-order valence-electron chi connectivity index (χ1n) is 7.87. The fourth-order valence-corrected chi connectivity index (χ4v) is 2.35. The van der Waals surface area contributed by atoms with Crippen LogP contribution in [0.5, 0.6) is 17.2 Å². The molecule has 0 saturated heterocycles. The summed E-state index contributed by atoms with van der Waals surface area (Å²) in [7, 11) is 4.71. The van der Waals surface area contributed by atoms with Gasteiger partial charge in [-0.25, -0.2) is 4.79 Å². The SMILES string of the molecule is COc1cc(CCNC(=O)NCc2ccncc2)cc(OC)c1OC. The summed E-state index contributed by atoms with van der Waals surface area (Å²) in [6, 6.07) is 7.24. The van der Waals surface area contributed by atoms with Gasteiger partial charge in [0.05, 0.1) is 21.3 Å². The van der Waals surface area contributed by atoms with Crippen LogP contribution in [0.3, 0.4) is 0 Å². The molecule has 2 aromatic rings. The second kappa shape index (κ2) is 9.36. The average Bonchev–Trinajstić information content (AvgIpc) is 2.66. The van der Waals surface area contributed by atoms with Crippen molar-refractivity contribution < 1.29 is 19.0 Å². The third kappa shape index (κ3) is 5.27. The second-order valence-electron chi connectivity index (χ2n) is 5.25. The van der Waals surface area contributed by atoms with Gasteiger partial charge in [-0.3, -0.25) is 4.98 Å². The maximum Gasteiger partial charge on any atom is 0.315 e. The average molecular weight is 345 g/mol. The van der Waals surface area contributed by atoms with E-state index in [1.165, 1.54) is 0 Å². The van der Waals surface area contributed by atoms with Gasteiger partial charge in [-0.1, -0.05) is 0 Å². The first-order valence-corrected chi connectivity index (χ1v) is 7.87. The van der Waals surface area contributed by atoms with E-state index in [1.54, 1.807) is 33.7 Å². The van der Waals surface area contributed by atoms with Crippen LogP contribution in [0.15, 0.2) is 36.7 Å². The molecule has 134 valence electrons. The number of ether oxygens (including phenoxy) is 3. The number of hydrogen-bond acceptors (Lipinski definition) is 5. The summed E-state index contributed by atoms with van der Waals surface area (Å²) >= 11 is 0. The molecule has 0 radical (unpaired) electrons. The van der Waals surface area contributed by atoms with E-state index in [-0.39, 0.29) is 6.03 Å². The highest BCUT2D eigenvalue weighted by Crippen LogP contribution is 2.38. The number of nitrogens with one attached hydrogen (secondary N) is 2. The number of benzene rings is 1. The topological polar surface area (TPSA) is 81.7 Å². The van der Waals surface area contributed by atoms with Gasteiger partial charge >= 0.3 is 6.03 Å². The van der Waals surface area contributed by atoms with Crippen LogP contribution in [0.4, 0.5) is 4.79 Å². The molecule has 2 rings (SSSR count). The number of rotatable bonds is 8. The van der Waals surface area contributed by atoms with Crippen LogP contribution in [-0.4, -0.2) is 38.9 Å². The Kier molecular flexibility index (Phi) is 6.88. The Hall–Kier alpha value is -2.96. The number of carbonyl (C=O) groups excluding carboxylic acids is 1. The zero-order valence-electron chi connectivity index (χ0n) is 14.7. The normalized spacial score (nSPS) is 10.0. The van der Waals surface area contributed by atoms with Crippen molar-refractivity contribution in [2.75, 3.05) is 27.9 Å². The lowest BCUT2D eigenvalue weighted by molar-refractivity contribution is 0.240. The zero-order valence-corrected chi connectivity index (χ0v) is 14.7. The molecular weight excluding hydrogens is 322 g/mol. The Morgan fingerprint density at radius 3 is 2.16 bits per heavy atom. The highest BCUT2D eigenvalue weighted by atomic mass is 16.5. The van der Waals surface area contributed by atoms with Gasteiger partial charge in [0.2, 0.25) is 5.75 Å². The number of amides is 2. The van der Waals surface area contributed by atoms with Crippen molar-refractivity contribution in [2.45, 2.75) is 13.0 Å². The van der Waals surface area contributed by atoms with E-state index in [9.17, 15) is 4.79 Å². The van der Waals surface area contributed by atoms with E-state index >= 15 is 0 Å². The predicted molar refractivity (Wildman–Crippen MR) is 94.3 cm³/mol. The summed E-state index contributed by atoms with van der Waals surface area (Å²) in [6.45, 7) is 0.944. The van der Waals surface area contributed by atoms with Crippen molar-refractivity contribution in [3.63, 3.8) is 0 Å². The lowest BCUT2D eigenvalue weighted by atomic mass is 10.1. The molecule has 0 spiro atoms. The number of methoxy groups -OCH3 is 3. The Bertz CT molecular complexity index is 667. The molecule has 2 amide bonds. The quantitative estimate of drug-likeness (QED) is 0.766. The highest BCUT2D eigenvalue weighted by Gasteiger charge is 2.13. The number of nitrogens with zero attached hydrogens (tertiary/aromatic N) is 1. The third-order valence-corrected chi connectivity index (χ3v) is 3.63. The molecule has 0 aliphatic rings. The van der Waals surface area contributed by atoms with Gasteiger partial charge in [-0.2, -0.15) is 0 Å². The number of aromatic nitrogens is 1. The fraction of sp³-hybridized carbons (Fsp3) is 0.333. The van der Waals surface area contributed by atoms with Crippen LogP contribution < -0.4 is 24.8 Å². The van der Waals surface area contributed by atoms with Crippen molar-refractivity contribution in [3.8, 4) is 17.2 Å². The van der Waals surface area contributed by atoms with Crippen molar-refractivity contribution in [2.24, 2.45) is 0 Å². The minimum Gasteiger partial charge on any atom is -0.493 e. The van der Waals surface area contributed by atoms with E-state index in [0.717, 1.165) is 11.1 Å². The molecule has 0 bridgehead atoms. The van der Waals surface area contributed by atoms with Crippen molar-refractivity contribution >= 4 is 6.03 Å². The van der Waals surface area contributed by atoms with Gasteiger partial charge in [0, 0.05) is 25.5 Å². The van der Waals surface area contributed by atoms with E-state index < -0.39 is 0 Å². The van der Waals surface area contributed by atoms with E-state index in [1.807, 2.05) is 24.3 Å². The second-order valence-corrected chi connectivity index (χ2v) is 5.25. The zero-order chi connectivity index (χ0) is 18.1. The van der Waals surface area contributed by atoms with Gasteiger partial charge < -0.3 is 24.8 Å². The Labute approximate surface area is 147 Å². The molecule has 0 aliphatic carbocycles. The van der Waals surface area contributed by atoms with Crippen molar-refractivity contribution in [1.82, 2.24) is 15.6 Å². The van der Waals surface area contributed by atoms with Gasteiger partial charge in [0.25, 0.3) is 0 Å². The molecule has 1 aromatic heterocycles. The van der Waals surface area contributed by atoms with Crippen LogP contribution in [0, 0.1) is 0 Å². The standard InChI is InChI=1S/C18H23N3O4/c1-23-15-10-14(11-16(24-2)17(15)25-3)6-9-20-18(22)21-12-13-4-7-19-8-5-13/h4-5,7-8,10-11H,6,9,12H2,1-3H3,(H2,20,21,22). The molecule has 0 saturated carbocycles. The number of pyridine rings is 1. The largest absolute Gasteiger partial charge is 0.493 e. The van der Waals surface area contributed by atoms with E-state index in [2.05, 4.69) is 15.6 Å². The first-order chi connectivity index (χ1) is 12.2. The molecule has 0 unspecified atom stereocenters. The number of hydrogen-bond donors (Lipinski definition) is 2. The van der Waals surface area contributed by atoms with Crippen LogP contribution in [-0.2, 0) is 13.0 Å². The molecule has 0 atom stereocenters. The van der Waals surface area contributed by atoms with Crippen molar-refractivity contribution in [3.05, 3.63) is 47.8 Å². The highest BCUT2D eigenvalue weighted by molar-refractivity contribution is 5.73. The molecule has 0 aliphatic heterocycles. The minimum atomic E-state index is -0.218. The van der Waals surface area contributed by atoms with E-state index in [0.29, 0.717) is 36.8 Å². The lowest BCUT2D eigenvalue weighted by Gasteiger charge is -2.14. The molecule has 7 nitrogen and oxygen atoms in total. The molecule has 0 fully saturated rings. The van der Waals surface area contributed by atoms with Crippen LogP contribution >= 0.6 is 0 Å². The number of carbonyl (C=O) groups is 1. The van der Waals surface area contributed by atoms with Crippen LogP contribution in [0.25, 0.3) is 0 Å². The summed E-state index contributed by atoms with van der Waals surface area (Å²) in [6.07, 6.45) is 4.03. The first kappa shape index (κ1) is 18.4. The van der Waals surface area contributed by atoms with Gasteiger partial charge in [-0.15, -0.1) is 0 Å². The Morgan fingerprint density at radius 1 is 0.960 bits per heavy atom. The summed E-state index contributed by atoms with van der Waals surface area (Å²) in [4.78, 5) is 15.8. The maximum absolute atomic E-state index is 11.8. The molecule has 7 heteroatoms. The van der Waals surface area contributed by atoms with Gasteiger partial charge in [0.15, 0.2) is 11.5 Å². The molecular formula is C18H23N3O4. The Morgan fingerprint density at radius 2 is 1.60 bits per heavy atom. The molecule has 25 heavy (non-hydrogen) atoms. The summed E-state index contributed by atoms with van der Waals surface area (Å²) in [5.74, 6) is 1.75. The van der Waals surface area contributed by atoms with Crippen LogP contribution in [0.1, 0.15) is 11.1 Å². The monoisotopic (exact) mass is 345 g/mol. The smallest absolute Gasteiger partial charge is 0.315 e. The third-order valence-electron chi connectivity index (χ3n) is 3.63. The van der Waals surface area contributed by atoms with E-state index in [4.69, 9.17) is 14.2 Å². The van der Waals surface area contributed by atoms with Crippen molar-refractivity contribution in [1.29, 1.82) is 0 Å². The molecule has 2 N–H and O–H groups in total. The molecule has 1 aromatic carbocycles. The van der Waals surface area contributed by atoms with Gasteiger partial charge in [0.1, 0.15) is 0 Å². The van der Waals surface area contributed by atoms with Gasteiger partial charge in [-0.05, 0) is 41.8 Å². The molecule has 1 heterocycles. The predicted octanol–water partition coefficient (Wildman–Crippen LogP) is 2.15. The fourth-order valence-electron chi connectivity index (χ4n) is 2.35. The lowest BCUT2D eigenvalue weighted by Crippen LogP contribution is -2.36. The minimum absolute atomic E-state index is 0.218. The summed E-state index contributed by atoms with van der Waals surface area (Å²) in [5, 5.41) is 5.63. The maximum atomic E-state index is 11.8.